The second kappa shape index (κ2) is 3.95. The number of H-pyrrole nitrogens is 1. The standard InChI is InChI=1S/C13H18FN3O2/c1-13(2,3)19-12(18)17-8-4-5-9(17)10(14)11-7(8)6-15-16-11/h6,8-10H,4-5H2,1-3H3,(H,15,16). The van der Waals surface area contributed by atoms with Gasteiger partial charge in [-0.15, -0.1) is 0 Å². The number of aromatic amines is 1. The lowest BCUT2D eigenvalue weighted by atomic mass is 9.99. The molecule has 5 nitrogen and oxygen atoms in total. The molecule has 1 fully saturated rings. The zero-order valence-corrected chi connectivity index (χ0v) is 11.3. The molecular formula is C13H18FN3O2. The van der Waals surface area contributed by atoms with E-state index >= 15 is 0 Å². The Morgan fingerprint density at radius 1 is 1.53 bits per heavy atom. The number of alkyl halides is 1. The van der Waals surface area contributed by atoms with E-state index in [9.17, 15) is 9.18 Å². The summed E-state index contributed by atoms with van der Waals surface area (Å²) in [5.74, 6) is 0. The third kappa shape index (κ3) is 1.89. The van der Waals surface area contributed by atoms with Crippen molar-refractivity contribution in [3.63, 3.8) is 0 Å². The fourth-order valence-electron chi connectivity index (χ4n) is 2.99. The van der Waals surface area contributed by atoms with Crippen LogP contribution < -0.4 is 0 Å². The highest BCUT2D eigenvalue weighted by Crippen LogP contribution is 2.49. The first-order valence-electron chi connectivity index (χ1n) is 6.57. The summed E-state index contributed by atoms with van der Waals surface area (Å²) in [7, 11) is 0. The number of hydrogen-bond acceptors (Lipinski definition) is 3. The summed E-state index contributed by atoms with van der Waals surface area (Å²) in [6.07, 6.45) is 1.44. The largest absolute Gasteiger partial charge is 0.444 e. The number of halogens is 1. The topological polar surface area (TPSA) is 58.2 Å². The molecule has 1 aromatic heterocycles. The molecule has 2 bridgehead atoms. The predicted molar refractivity (Wildman–Crippen MR) is 66.3 cm³/mol. The first-order chi connectivity index (χ1) is 8.88. The van der Waals surface area contributed by atoms with Crippen molar-refractivity contribution in [2.75, 3.05) is 0 Å². The Morgan fingerprint density at radius 3 is 2.95 bits per heavy atom. The van der Waals surface area contributed by atoms with E-state index in [0.29, 0.717) is 12.1 Å². The molecule has 0 aromatic carbocycles. The maximum atomic E-state index is 14.4. The molecule has 3 atom stereocenters. The number of carbonyl (C=O) groups is 1. The lowest BCUT2D eigenvalue weighted by molar-refractivity contribution is 0.00107. The van der Waals surface area contributed by atoms with Gasteiger partial charge in [0.15, 0.2) is 6.17 Å². The van der Waals surface area contributed by atoms with Gasteiger partial charge in [-0.05, 0) is 33.6 Å². The summed E-state index contributed by atoms with van der Waals surface area (Å²) < 4.78 is 19.8. The van der Waals surface area contributed by atoms with Crippen molar-refractivity contribution in [2.45, 2.75) is 57.5 Å². The highest BCUT2D eigenvalue weighted by atomic mass is 19.1. The molecule has 2 aliphatic heterocycles. The smallest absolute Gasteiger partial charge is 0.411 e. The molecule has 0 spiro atoms. The summed E-state index contributed by atoms with van der Waals surface area (Å²) >= 11 is 0. The van der Waals surface area contributed by atoms with Crippen LogP contribution in [0, 0.1) is 0 Å². The van der Waals surface area contributed by atoms with Gasteiger partial charge in [-0.25, -0.2) is 9.18 Å². The van der Waals surface area contributed by atoms with Crippen LogP contribution in [0.25, 0.3) is 0 Å². The number of carbonyl (C=O) groups excluding carboxylic acids is 1. The molecule has 0 aliphatic carbocycles. The minimum atomic E-state index is -1.23. The molecule has 0 saturated carbocycles. The van der Waals surface area contributed by atoms with Crippen LogP contribution in [0.2, 0.25) is 0 Å². The van der Waals surface area contributed by atoms with Crippen LogP contribution >= 0.6 is 0 Å². The Kier molecular flexibility index (Phi) is 2.59. The van der Waals surface area contributed by atoms with E-state index in [1.165, 1.54) is 0 Å². The van der Waals surface area contributed by atoms with Crippen LogP contribution in [0.1, 0.15) is 57.1 Å². The van der Waals surface area contributed by atoms with Crippen molar-refractivity contribution in [3.05, 3.63) is 17.5 Å². The normalized spacial score (nSPS) is 29.3. The SMILES string of the molecule is CC(C)(C)OC(=O)N1C2CCC1C(F)c1n[nH]cc12. The molecule has 1 aromatic rings. The fraction of sp³-hybridized carbons (Fsp3) is 0.692. The highest BCUT2D eigenvalue weighted by molar-refractivity contribution is 5.70. The number of rotatable bonds is 0. The molecule has 104 valence electrons. The van der Waals surface area contributed by atoms with Gasteiger partial charge in [0.2, 0.25) is 0 Å². The van der Waals surface area contributed by atoms with Crippen molar-refractivity contribution in [1.82, 2.24) is 15.1 Å². The van der Waals surface area contributed by atoms with Gasteiger partial charge >= 0.3 is 6.09 Å². The predicted octanol–water partition coefficient (Wildman–Crippen LogP) is 2.87. The third-order valence-corrected chi connectivity index (χ3v) is 3.69. The van der Waals surface area contributed by atoms with Gasteiger partial charge < -0.3 is 4.74 Å². The zero-order valence-electron chi connectivity index (χ0n) is 11.3. The van der Waals surface area contributed by atoms with E-state index in [2.05, 4.69) is 10.2 Å². The number of nitrogens with one attached hydrogen (secondary N) is 1. The maximum absolute atomic E-state index is 14.4. The first-order valence-corrected chi connectivity index (χ1v) is 6.57. The second-order valence-corrected chi connectivity index (χ2v) is 6.18. The molecule has 1 amide bonds. The molecule has 2 aliphatic rings. The van der Waals surface area contributed by atoms with Crippen LogP contribution in [0.15, 0.2) is 6.20 Å². The van der Waals surface area contributed by atoms with Crippen LogP contribution in [-0.4, -0.2) is 32.8 Å². The molecule has 3 unspecified atom stereocenters. The number of hydrogen-bond donors (Lipinski definition) is 1. The van der Waals surface area contributed by atoms with E-state index in [4.69, 9.17) is 4.74 Å². The van der Waals surface area contributed by atoms with E-state index in [0.717, 1.165) is 12.0 Å². The number of nitrogens with zero attached hydrogens (tertiary/aromatic N) is 2. The molecule has 1 N–H and O–H groups in total. The molecular weight excluding hydrogens is 249 g/mol. The fourth-order valence-corrected chi connectivity index (χ4v) is 2.99. The van der Waals surface area contributed by atoms with Gasteiger partial charge in [-0.1, -0.05) is 0 Å². The van der Waals surface area contributed by atoms with E-state index < -0.39 is 23.9 Å². The number of fused-ring (bicyclic) bond motifs is 4. The van der Waals surface area contributed by atoms with Crippen molar-refractivity contribution >= 4 is 6.09 Å². The van der Waals surface area contributed by atoms with Crippen molar-refractivity contribution in [2.24, 2.45) is 0 Å². The minimum absolute atomic E-state index is 0.111. The van der Waals surface area contributed by atoms with Crippen LogP contribution in [0.4, 0.5) is 9.18 Å². The monoisotopic (exact) mass is 267 g/mol. The number of aromatic nitrogens is 2. The molecule has 19 heavy (non-hydrogen) atoms. The Hall–Kier alpha value is -1.59. The Bertz CT molecular complexity index is 508. The Labute approximate surface area is 111 Å². The average molecular weight is 267 g/mol. The van der Waals surface area contributed by atoms with Crippen LogP contribution in [0.3, 0.4) is 0 Å². The second-order valence-electron chi connectivity index (χ2n) is 6.18. The van der Waals surface area contributed by atoms with E-state index in [-0.39, 0.29) is 6.04 Å². The lowest BCUT2D eigenvalue weighted by Crippen LogP contribution is -2.45. The molecule has 0 radical (unpaired) electrons. The summed E-state index contributed by atoms with van der Waals surface area (Å²) in [6, 6.07) is -0.559. The zero-order chi connectivity index (χ0) is 13.8. The van der Waals surface area contributed by atoms with Gasteiger partial charge in [0, 0.05) is 11.8 Å². The van der Waals surface area contributed by atoms with E-state index in [1.807, 2.05) is 20.8 Å². The first kappa shape index (κ1) is 12.4. The molecule has 3 heterocycles. The molecule has 6 heteroatoms. The Morgan fingerprint density at radius 2 is 2.26 bits per heavy atom. The lowest BCUT2D eigenvalue weighted by Gasteiger charge is -2.36. The van der Waals surface area contributed by atoms with Gasteiger partial charge in [-0.2, -0.15) is 5.10 Å². The summed E-state index contributed by atoms with van der Waals surface area (Å²) in [5, 5.41) is 6.66. The van der Waals surface area contributed by atoms with Gasteiger partial charge in [0.1, 0.15) is 11.3 Å². The summed E-state index contributed by atoms with van der Waals surface area (Å²) in [4.78, 5) is 13.8. The average Bonchev–Trinajstić information content (AvgIpc) is 2.89. The third-order valence-electron chi connectivity index (χ3n) is 3.69. The number of amides is 1. The summed E-state index contributed by atoms with van der Waals surface area (Å²) in [5.41, 5.74) is 0.665. The molecule has 3 rings (SSSR count). The van der Waals surface area contributed by atoms with Crippen molar-refractivity contribution < 1.29 is 13.9 Å². The quantitative estimate of drug-likeness (QED) is 0.786. The minimum Gasteiger partial charge on any atom is -0.444 e. The van der Waals surface area contributed by atoms with Crippen LogP contribution in [-0.2, 0) is 4.74 Å². The molecule has 1 saturated heterocycles. The van der Waals surface area contributed by atoms with E-state index in [1.54, 1.807) is 11.1 Å². The Balaban J connectivity index is 1.91. The summed E-state index contributed by atoms with van der Waals surface area (Å²) in [6.45, 7) is 5.44. The van der Waals surface area contributed by atoms with Gasteiger partial charge in [-0.3, -0.25) is 10.00 Å². The highest BCUT2D eigenvalue weighted by Gasteiger charge is 2.50. The van der Waals surface area contributed by atoms with Crippen molar-refractivity contribution in [1.29, 1.82) is 0 Å². The van der Waals surface area contributed by atoms with Crippen molar-refractivity contribution in [3.8, 4) is 0 Å². The van der Waals surface area contributed by atoms with Gasteiger partial charge in [0.05, 0.1) is 12.1 Å². The van der Waals surface area contributed by atoms with Gasteiger partial charge in [0.25, 0.3) is 0 Å². The van der Waals surface area contributed by atoms with Crippen LogP contribution in [0.5, 0.6) is 0 Å². The number of ether oxygens (including phenoxy) is 1. The maximum Gasteiger partial charge on any atom is 0.411 e.